The van der Waals surface area contributed by atoms with Crippen LogP contribution in [0.2, 0.25) is 0 Å². The summed E-state index contributed by atoms with van der Waals surface area (Å²) >= 11 is 1.32. The highest BCUT2D eigenvalue weighted by molar-refractivity contribution is 7.99. The monoisotopic (exact) mass is 420 g/mol. The Morgan fingerprint density at radius 1 is 1.10 bits per heavy atom. The van der Waals surface area contributed by atoms with Gasteiger partial charge in [-0.15, -0.1) is 0 Å². The van der Waals surface area contributed by atoms with Crippen LogP contribution in [-0.2, 0) is 6.54 Å². The van der Waals surface area contributed by atoms with Crippen molar-refractivity contribution in [3.63, 3.8) is 0 Å². The van der Waals surface area contributed by atoms with Crippen molar-refractivity contribution in [2.45, 2.75) is 25.6 Å². The van der Waals surface area contributed by atoms with Crippen molar-refractivity contribution in [2.24, 2.45) is 0 Å². The van der Waals surface area contributed by atoms with E-state index in [0.717, 1.165) is 45.1 Å². The molecule has 1 aliphatic heterocycles. The number of benzene rings is 2. The van der Waals surface area contributed by atoms with Crippen LogP contribution in [0.4, 0.5) is 0 Å². The highest BCUT2D eigenvalue weighted by atomic mass is 32.2. The summed E-state index contributed by atoms with van der Waals surface area (Å²) in [5.41, 5.74) is 5.36. The van der Waals surface area contributed by atoms with Gasteiger partial charge in [0.25, 0.3) is 5.22 Å². The molecule has 0 fully saturated rings. The first-order chi connectivity index (χ1) is 14.6. The van der Waals surface area contributed by atoms with Gasteiger partial charge in [-0.2, -0.15) is 0 Å². The van der Waals surface area contributed by atoms with Crippen LogP contribution in [0.1, 0.15) is 27.3 Å². The smallest absolute Gasteiger partial charge is 0.257 e. The third kappa shape index (κ3) is 3.45. The van der Waals surface area contributed by atoms with Gasteiger partial charge in [0.05, 0.1) is 5.75 Å². The number of hydrogen-bond donors (Lipinski definition) is 0. The number of carbonyl (C=O) groups is 1. The molecule has 0 unspecified atom stereocenters. The number of hydrogen-bond acceptors (Lipinski definition) is 6. The Balaban J connectivity index is 1.31. The molecule has 30 heavy (non-hydrogen) atoms. The molecule has 0 radical (unpaired) electrons. The maximum absolute atomic E-state index is 12.9. The van der Waals surface area contributed by atoms with E-state index in [4.69, 9.17) is 13.9 Å². The normalized spacial score (nSPS) is 12.6. The van der Waals surface area contributed by atoms with Gasteiger partial charge in [0.2, 0.25) is 6.79 Å². The Hall–Kier alpha value is -3.19. The van der Waals surface area contributed by atoms with E-state index < -0.39 is 0 Å². The van der Waals surface area contributed by atoms with Gasteiger partial charge in [-0.25, -0.2) is 4.98 Å². The molecule has 0 N–H and O–H groups in total. The number of carbonyl (C=O) groups excluding carboxylic acids is 1. The topological polar surface area (TPSA) is 66.5 Å². The third-order valence-electron chi connectivity index (χ3n) is 5.25. The van der Waals surface area contributed by atoms with Gasteiger partial charge in [0, 0.05) is 23.5 Å². The first-order valence-electron chi connectivity index (χ1n) is 9.65. The average molecular weight is 420 g/mol. The van der Waals surface area contributed by atoms with Crippen LogP contribution in [0.15, 0.2) is 58.2 Å². The van der Waals surface area contributed by atoms with Crippen molar-refractivity contribution < 1.29 is 18.7 Å². The van der Waals surface area contributed by atoms with E-state index in [1.54, 1.807) is 0 Å². The molecule has 0 bridgehead atoms. The number of para-hydroxylation sites is 2. The fourth-order valence-electron chi connectivity index (χ4n) is 3.67. The minimum absolute atomic E-state index is 0.0623. The molecule has 0 spiro atoms. The van der Waals surface area contributed by atoms with Gasteiger partial charge < -0.3 is 18.5 Å². The van der Waals surface area contributed by atoms with Crippen molar-refractivity contribution >= 4 is 28.6 Å². The largest absolute Gasteiger partial charge is 0.454 e. The fourth-order valence-corrected chi connectivity index (χ4v) is 4.39. The minimum atomic E-state index is 0.0623. The fraction of sp³-hybridized carbons (Fsp3) is 0.217. The molecular formula is C23H20N2O4S. The van der Waals surface area contributed by atoms with Crippen LogP contribution in [0.25, 0.3) is 11.1 Å². The predicted molar refractivity (Wildman–Crippen MR) is 115 cm³/mol. The number of oxazole rings is 1. The number of aryl methyl sites for hydroxylation is 1. The molecule has 5 rings (SSSR count). The zero-order valence-corrected chi connectivity index (χ0v) is 17.5. The standard InChI is InChI=1S/C23H20N2O4S/c1-14-9-17(19(26)12-30-23-24-18-5-3-4-6-20(18)29-23)15(2)25(14)11-16-7-8-21-22(10-16)28-13-27-21/h3-10H,11-13H2,1-2H3. The Morgan fingerprint density at radius 2 is 1.93 bits per heavy atom. The predicted octanol–water partition coefficient (Wildman–Crippen LogP) is 5.00. The zero-order valence-electron chi connectivity index (χ0n) is 16.7. The molecule has 2 aromatic heterocycles. The highest BCUT2D eigenvalue weighted by Gasteiger charge is 2.19. The summed E-state index contributed by atoms with van der Waals surface area (Å²) in [7, 11) is 0. The quantitative estimate of drug-likeness (QED) is 0.323. The molecule has 7 heteroatoms. The number of Topliss-reactive ketones (excluding diaryl/α,β-unsaturated/α-hetero) is 1. The maximum Gasteiger partial charge on any atom is 0.257 e. The van der Waals surface area contributed by atoms with Crippen LogP contribution in [0, 0.1) is 13.8 Å². The number of ether oxygens (including phenoxy) is 2. The molecular weight excluding hydrogens is 400 g/mol. The van der Waals surface area contributed by atoms with Gasteiger partial charge in [0.15, 0.2) is 22.9 Å². The number of rotatable bonds is 6. The van der Waals surface area contributed by atoms with E-state index in [1.807, 2.05) is 62.4 Å². The van der Waals surface area contributed by atoms with E-state index in [2.05, 4.69) is 9.55 Å². The summed E-state index contributed by atoms with van der Waals surface area (Å²) in [5, 5.41) is 0.513. The van der Waals surface area contributed by atoms with Crippen molar-refractivity contribution in [1.29, 1.82) is 0 Å². The Morgan fingerprint density at radius 3 is 2.80 bits per heavy atom. The van der Waals surface area contributed by atoms with E-state index >= 15 is 0 Å². The molecule has 0 aliphatic carbocycles. The summed E-state index contributed by atoms with van der Waals surface area (Å²) in [4.78, 5) is 17.3. The summed E-state index contributed by atoms with van der Waals surface area (Å²) in [6.07, 6.45) is 0. The molecule has 3 heterocycles. The molecule has 6 nitrogen and oxygen atoms in total. The summed E-state index contributed by atoms with van der Waals surface area (Å²) in [6, 6.07) is 15.5. The third-order valence-corrected chi connectivity index (χ3v) is 6.08. The Bertz CT molecular complexity index is 1220. The van der Waals surface area contributed by atoms with Gasteiger partial charge in [0.1, 0.15) is 5.52 Å². The van der Waals surface area contributed by atoms with Gasteiger partial charge in [-0.1, -0.05) is 30.0 Å². The van der Waals surface area contributed by atoms with Gasteiger partial charge >= 0.3 is 0 Å². The Kier molecular flexibility index (Phi) is 4.75. The first kappa shape index (κ1) is 18.8. The van der Waals surface area contributed by atoms with Crippen LogP contribution >= 0.6 is 11.8 Å². The van der Waals surface area contributed by atoms with E-state index in [-0.39, 0.29) is 18.3 Å². The second-order valence-electron chi connectivity index (χ2n) is 7.22. The number of fused-ring (bicyclic) bond motifs is 2. The SMILES string of the molecule is Cc1cc(C(=O)CSc2nc3ccccc3o2)c(C)n1Cc1ccc2c(c1)OCO2. The van der Waals surface area contributed by atoms with E-state index in [0.29, 0.717) is 11.8 Å². The summed E-state index contributed by atoms with van der Waals surface area (Å²) in [5.74, 6) is 1.88. The first-order valence-corrected chi connectivity index (χ1v) is 10.6. The Labute approximate surface area is 177 Å². The highest BCUT2D eigenvalue weighted by Crippen LogP contribution is 2.33. The van der Waals surface area contributed by atoms with Crippen molar-refractivity contribution in [3.05, 3.63) is 71.0 Å². The molecule has 2 aromatic carbocycles. The molecule has 4 aromatic rings. The second-order valence-corrected chi connectivity index (χ2v) is 8.14. The maximum atomic E-state index is 12.9. The van der Waals surface area contributed by atoms with Gasteiger partial charge in [-0.05, 0) is 49.7 Å². The lowest BCUT2D eigenvalue weighted by Crippen LogP contribution is -2.07. The minimum Gasteiger partial charge on any atom is -0.454 e. The summed E-state index contributed by atoms with van der Waals surface area (Å²) < 4.78 is 18.7. The molecule has 1 aliphatic rings. The molecule has 152 valence electrons. The lowest BCUT2D eigenvalue weighted by atomic mass is 10.1. The molecule has 0 saturated carbocycles. The lowest BCUT2D eigenvalue weighted by Gasteiger charge is -2.10. The van der Waals surface area contributed by atoms with Crippen LogP contribution < -0.4 is 9.47 Å². The number of ketones is 1. The molecule has 0 amide bonds. The van der Waals surface area contributed by atoms with Crippen LogP contribution in [0.5, 0.6) is 11.5 Å². The number of nitrogens with zero attached hydrogens (tertiary/aromatic N) is 2. The lowest BCUT2D eigenvalue weighted by molar-refractivity contribution is 0.102. The van der Waals surface area contributed by atoms with Crippen molar-refractivity contribution in [3.8, 4) is 11.5 Å². The van der Waals surface area contributed by atoms with E-state index in [1.165, 1.54) is 11.8 Å². The molecule has 0 atom stereocenters. The second kappa shape index (κ2) is 7.57. The number of aromatic nitrogens is 2. The van der Waals surface area contributed by atoms with E-state index in [9.17, 15) is 4.79 Å². The van der Waals surface area contributed by atoms with Crippen molar-refractivity contribution in [2.75, 3.05) is 12.5 Å². The zero-order chi connectivity index (χ0) is 20.7. The molecule has 0 saturated heterocycles. The van der Waals surface area contributed by atoms with Crippen molar-refractivity contribution in [1.82, 2.24) is 9.55 Å². The van der Waals surface area contributed by atoms with Crippen LogP contribution in [0.3, 0.4) is 0 Å². The van der Waals surface area contributed by atoms with Crippen LogP contribution in [-0.4, -0.2) is 27.9 Å². The average Bonchev–Trinajstić information content (AvgIpc) is 3.45. The summed E-state index contributed by atoms with van der Waals surface area (Å²) in [6.45, 7) is 4.93. The number of thioether (sulfide) groups is 1. The van der Waals surface area contributed by atoms with Gasteiger partial charge in [-0.3, -0.25) is 4.79 Å².